The van der Waals surface area contributed by atoms with Gasteiger partial charge in [0.15, 0.2) is 0 Å². The Morgan fingerprint density at radius 3 is 2.39 bits per heavy atom. The van der Waals surface area contributed by atoms with Crippen LogP contribution in [0.1, 0.15) is 23.2 Å². The minimum Gasteiger partial charge on any atom is -0.397 e. The molecule has 1 fully saturated rings. The first-order chi connectivity index (χ1) is 11.0. The van der Waals surface area contributed by atoms with Crippen molar-refractivity contribution in [2.45, 2.75) is 12.8 Å². The summed E-state index contributed by atoms with van der Waals surface area (Å²) in [6.07, 6.45) is 2.29. The number of carbonyl (C=O) groups excluding carboxylic acids is 1. The van der Waals surface area contributed by atoms with Crippen LogP contribution >= 0.6 is 23.2 Å². The molecule has 2 aromatic rings. The smallest absolute Gasteiger partial charge is 0.255 e. The minimum absolute atomic E-state index is 0.235. The van der Waals surface area contributed by atoms with Gasteiger partial charge in [-0.1, -0.05) is 23.2 Å². The van der Waals surface area contributed by atoms with E-state index in [0.29, 0.717) is 27.0 Å². The average molecular weight is 350 g/mol. The normalized spacial score (nSPS) is 14.1. The average Bonchev–Trinajstić information content (AvgIpc) is 3.04. The fourth-order valence-corrected chi connectivity index (χ4v) is 3.05. The van der Waals surface area contributed by atoms with Crippen LogP contribution < -0.4 is 16.0 Å². The first kappa shape index (κ1) is 16.0. The number of halogens is 2. The monoisotopic (exact) mass is 349 g/mol. The van der Waals surface area contributed by atoms with Gasteiger partial charge >= 0.3 is 0 Å². The van der Waals surface area contributed by atoms with Crippen LogP contribution in [0.15, 0.2) is 36.4 Å². The van der Waals surface area contributed by atoms with Gasteiger partial charge in [-0.2, -0.15) is 0 Å². The first-order valence-corrected chi connectivity index (χ1v) is 8.21. The van der Waals surface area contributed by atoms with Crippen molar-refractivity contribution < 1.29 is 4.79 Å². The number of nitrogens with two attached hydrogens (primary N) is 1. The van der Waals surface area contributed by atoms with Gasteiger partial charge in [0.25, 0.3) is 5.91 Å². The van der Waals surface area contributed by atoms with Crippen molar-refractivity contribution in [3.63, 3.8) is 0 Å². The van der Waals surface area contributed by atoms with E-state index in [-0.39, 0.29) is 5.91 Å². The number of carbonyl (C=O) groups is 1. The van der Waals surface area contributed by atoms with Crippen LogP contribution in [0.2, 0.25) is 10.0 Å². The highest BCUT2D eigenvalue weighted by molar-refractivity contribution is 6.34. The van der Waals surface area contributed by atoms with E-state index >= 15 is 0 Å². The zero-order valence-electron chi connectivity index (χ0n) is 12.5. The molecule has 0 radical (unpaired) electrons. The standard InChI is InChI=1S/C17H17Cl2N3O/c18-12-5-3-11(4-6-12)17(23)21-15-10-16(14(20)9-13(15)19)22-7-1-2-8-22/h3-6,9-10H,1-2,7-8,20H2,(H,21,23). The van der Waals surface area contributed by atoms with E-state index in [1.54, 1.807) is 30.3 Å². The number of hydrogen-bond acceptors (Lipinski definition) is 3. The Balaban J connectivity index is 1.85. The predicted molar refractivity (Wildman–Crippen MR) is 96.7 cm³/mol. The molecule has 23 heavy (non-hydrogen) atoms. The van der Waals surface area contributed by atoms with Gasteiger partial charge in [0.05, 0.1) is 22.1 Å². The van der Waals surface area contributed by atoms with Gasteiger partial charge in [-0.3, -0.25) is 4.79 Å². The lowest BCUT2D eigenvalue weighted by Gasteiger charge is -2.21. The molecule has 1 amide bonds. The third-order valence-corrected chi connectivity index (χ3v) is 4.48. The molecule has 0 aliphatic carbocycles. The molecule has 0 aromatic heterocycles. The molecule has 3 rings (SSSR count). The summed E-state index contributed by atoms with van der Waals surface area (Å²) in [6.45, 7) is 1.94. The summed E-state index contributed by atoms with van der Waals surface area (Å²) < 4.78 is 0. The topological polar surface area (TPSA) is 58.4 Å². The molecule has 2 aromatic carbocycles. The second-order valence-electron chi connectivity index (χ2n) is 5.55. The largest absolute Gasteiger partial charge is 0.397 e. The molecule has 4 nitrogen and oxygen atoms in total. The molecule has 6 heteroatoms. The van der Waals surface area contributed by atoms with Gasteiger partial charge in [-0.05, 0) is 49.2 Å². The Morgan fingerprint density at radius 2 is 1.74 bits per heavy atom. The molecule has 120 valence electrons. The van der Waals surface area contributed by atoms with E-state index < -0.39 is 0 Å². The van der Waals surface area contributed by atoms with Crippen LogP contribution in [0.25, 0.3) is 0 Å². The number of amides is 1. The summed E-state index contributed by atoms with van der Waals surface area (Å²) in [6, 6.07) is 10.2. The van der Waals surface area contributed by atoms with E-state index in [9.17, 15) is 4.79 Å². The Hall–Kier alpha value is -1.91. The maximum absolute atomic E-state index is 12.3. The van der Waals surface area contributed by atoms with E-state index in [4.69, 9.17) is 28.9 Å². The molecule has 0 spiro atoms. The van der Waals surface area contributed by atoms with E-state index in [1.165, 1.54) is 0 Å². The number of hydrogen-bond donors (Lipinski definition) is 2. The fraction of sp³-hybridized carbons (Fsp3) is 0.235. The van der Waals surface area contributed by atoms with Gasteiger partial charge in [-0.15, -0.1) is 0 Å². The van der Waals surface area contributed by atoms with Gasteiger partial charge < -0.3 is 16.0 Å². The molecule has 0 atom stereocenters. The molecule has 1 saturated heterocycles. The molecule has 0 saturated carbocycles. The third-order valence-electron chi connectivity index (χ3n) is 3.92. The van der Waals surface area contributed by atoms with Crippen LogP contribution in [0.5, 0.6) is 0 Å². The van der Waals surface area contributed by atoms with Gasteiger partial charge in [0.1, 0.15) is 0 Å². The SMILES string of the molecule is Nc1cc(Cl)c(NC(=O)c2ccc(Cl)cc2)cc1N1CCCC1. The highest BCUT2D eigenvalue weighted by Gasteiger charge is 2.18. The molecule has 1 aliphatic rings. The van der Waals surface area contributed by atoms with Gasteiger partial charge in [0, 0.05) is 23.7 Å². The maximum Gasteiger partial charge on any atom is 0.255 e. The lowest BCUT2D eigenvalue weighted by Crippen LogP contribution is -2.20. The number of nitrogens with zero attached hydrogens (tertiary/aromatic N) is 1. The lowest BCUT2D eigenvalue weighted by atomic mass is 10.2. The van der Waals surface area contributed by atoms with Crippen molar-refractivity contribution in [2.75, 3.05) is 29.0 Å². The van der Waals surface area contributed by atoms with E-state index in [0.717, 1.165) is 31.6 Å². The second kappa shape index (κ2) is 6.69. The van der Waals surface area contributed by atoms with Crippen molar-refractivity contribution >= 4 is 46.2 Å². The van der Waals surface area contributed by atoms with Crippen molar-refractivity contribution in [1.29, 1.82) is 0 Å². The van der Waals surface area contributed by atoms with Gasteiger partial charge in [-0.25, -0.2) is 0 Å². The summed E-state index contributed by atoms with van der Waals surface area (Å²) in [7, 11) is 0. The van der Waals surface area contributed by atoms with Crippen LogP contribution in [0.3, 0.4) is 0 Å². The molecule has 1 heterocycles. The van der Waals surface area contributed by atoms with Gasteiger partial charge in [0.2, 0.25) is 0 Å². The molecule has 3 N–H and O–H groups in total. The van der Waals surface area contributed by atoms with E-state index in [1.807, 2.05) is 6.07 Å². The number of benzene rings is 2. The summed E-state index contributed by atoms with van der Waals surface area (Å²) in [5.74, 6) is -0.235. The van der Waals surface area contributed by atoms with Crippen molar-refractivity contribution in [3.8, 4) is 0 Å². The van der Waals surface area contributed by atoms with E-state index in [2.05, 4.69) is 10.2 Å². The Labute approximate surface area is 145 Å². The summed E-state index contributed by atoms with van der Waals surface area (Å²) in [5.41, 5.74) is 8.69. The maximum atomic E-state index is 12.3. The second-order valence-corrected chi connectivity index (χ2v) is 6.39. The van der Waals surface area contributed by atoms with Crippen LogP contribution in [-0.2, 0) is 0 Å². The highest BCUT2D eigenvalue weighted by atomic mass is 35.5. The molecule has 1 aliphatic heterocycles. The van der Waals surface area contributed by atoms with Crippen LogP contribution in [-0.4, -0.2) is 19.0 Å². The quantitative estimate of drug-likeness (QED) is 0.806. The Morgan fingerprint density at radius 1 is 1.09 bits per heavy atom. The summed E-state index contributed by atoms with van der Waals surface area (Å²) >= 11 is 12.1. The van der Waals surface area contributed by atoms with Crippen molar-refractivity contribution in [3.05, 3.63) is 52.0 Å². The highest BCUT2D eigenvalue weighted by Crippen LogP contribution is 2.35. The van der Waals surface area contributed by atoms with Crippen molar-refractivity contribution in [1.82, 2.24) is 0 Å². The molecule has 0 unspecified atom stereocenters. The van der Waals surface area contributed by atoms with Crippen LogP contribution in [0, 0.1) is 0 Å². The number of nitrogen functional groups attached to an aromatic ring is 1. The zero-order chi connectivity index (χ0) is 16.4. The zero-order valence-corrected chi connectivity index (χ0v) is 14.0. The Bertz CT molecular complexity index is 725. The number of nitrogens with one attached hydrogen (secondary N) is 1. The Kier molecular flexibility index (Phi) is 4.64. The van der Waals surface area contributed by atoms with Crippen molar-refractivity contribution in [2.24, 2.45) is 0 Å². The molecular weight excluding hydrogens is 333 g/mol. The first-order valence-electron chi connectivity index (χ1n) is 7.45. The third kappa shape index (κ3) is 3.54. The molecular formula is C17H17Cl2N3O. The summed E-state index contributed by atoms with van der Waals surface area (Å²) in [5, 5.41) is 3.85. The molecule has 0 bridgehead atoms. The van der Waals surface area contributed by atoms with Crippen LogP contribution in [0.4, 0.5) is 17.1 Å². The summed E-state index contributed by atoms with van der Waals surface area (Å²) in [4.78, 5) is 14.5. The predicted octanol–water partition coefficient (Wildman–Crippen LogP) is 4.43. The number of anilines is 3. The lowest BCUT2D eigenvalue weighted by molar-refractivity contribution is 0.102. The minimum atomic E-state index is -0.235. The number of rotatable bonds is 3. The fourth-order valence-electron chi connectivity index (χ4n) is 2.70.